The van der Waals surface area contributed by atoms with Crippen LogP contribution in [0.15, 0.2) is 24.3 Å². The lowest BCUT2D eigenvalue weighted by Crippen LogP contribution is -2.27. The van der Waals surface area contributed by atoms with Gasteiger partial charge < -0.3 is 5.32 Å². The fourth-order valence-electron chi connectivity index (χ4n) is 1.34. The summed E-state index contributed by atoms with van der Waals surface area (Å²) >= 11 is 1.62. The molecular formula is C14H14N2OS. The van der Waals surface area contributed by atoms with Crippen molar-refractivity contribution in [3.63, 3.8) is 0 Å². The van der Waals surface area contributed by atoms with E-state index in [0.717, 1.165) is 11.3 Å². The number of hydrogen-bond acceptors (Lipinski definition) is 3. The second kappa shape index (κ2) is 8.22. The van der Waals surface area contributed by atoms with Crippen LogP contribution in [-0.4, -0.2) is 24.0 Å². The molecule has 4 heteroatoms. The van der Waals surface area contributed by atoms with Crippen LogP contribution in [0.4, 0.5) is 0 Å². The lowest BCUT2D eigenvalue weighted by atomic mass is 10.1. The van der Waals surface area contributed by atoms with E-state index in [4.69, 9.17) is 11.7 Å². The van der Waals surface area contributed by atoms with E-state index in [1.807, 2.05) is 6.07 Å². The molecule has 92 valence electrons. The third kappa shape index (κ3) is 5.43. The van der Waals surface area contributed by atoms with E-state index in [1.165, 1.54) is 0 Å². The quantitative estimate of drug-likeness (QED) is 0.622. The first kappa shape index (κ1) is 14.2. The number of rotatable bonds is 6. The standard InChI is InChI=1S/C14H14N2OS/c1-2-8-18-9-7-16-14(17)10-12-3-5-13(11-15)6-4-12/h1,3-6H,7-10H2,(H,16,17). The van der Waals surface area contributed by atoms with Gasteiger partial charge in [0.1, 0.15) is 0 Å². The van der Waals surface area contributed by atoms with Gasteiger partial charge >= 0.3 is 0 Å². The third-order valence-corrected chi connectivity index (χ3v) is 3.07. The van der Waals surface area contributed by atoms with E-state index >= 15 is 0 Å². The number of terminal acetylenes is 1. The van der Waals surface area contributed by atoms with Crippen molar-refractivity contribution in [2.75, 3.05) is 18.1 Å². The lowest BCUT2D eigenvalue weighted by Gasteiger charge is -2.04. The molecule has 1 aromatic carbocycles. The van der Waals surface area contributed by atoms with Crippen molar-refractivity contribution in [2.24, 2.45) is 0 Å². The number of nitrogens with one attached hydrogen (secondary N) is 1. The first-order valence-corrected chi connectivity index (χ1v) is 6.68. The monoisotopic (exact) mass is 258 g/mol. The Morgan fingerprint density at radius 3 is 2.72 bits per heavy atom. The Balaban J connectivity index is 2.27. The molecule has 0 bridgehead atoms. The minimum Gasteiger partial charge on any atom is -0.355 e. The second-order valence-corrected chi connectivity index (χ2v) is 4.70. The highest BCUT2D eigenvalue weighted by molar-refractivity contribution is 7.99. The van der Waals surface area contributed by atoms with Crippen molar-refractivity contribution < 1.29 is 4.79 Å². The Kier molecular flexibility index (Phi) is 6.46. The summed E-state index contributed by atoms with van der Waals surface area (Å²) in [6, 6.07) is 9.06. The molecule has 0 fully saturated rings. The van der Waals surface area contributed by atoms with Crippen LogP contribution in [0, 0.1) is 23.7 Å². The first-order chi connectivity index (χ1) is 8.76. The summed E-state index contributed by atoms with van der Waals surface area (Å²) < 4.78 is 0. The highest BCUT2D eigenvalue weighted by Gasteiger charge is 2.02. The smallest absolute Gasteiger partial charge is 0.224 e. The number of benzene rings is 1. The summed E-state index contributed by atoms with van der Waals surface area (Å²) in [5, 5.41) is 11.5. The summed E-state index contributed by atoms with van der Waals surface area (Å²) in [4.78, 5) is 11.6. The number of nitrogens with zero attached hydrogens (tertiary/aromatic N) is 1. The molecule has 1 aromatic rings. The Labute approximate surface area is 112 Å². The number of carbonyl (C=O) groups is 1. The molecule has 0 aliphatic rings. The summed E-state index contributed by atoms with van der Waals surface area (Å²) in [6.07, 6.45) is 5.45. The SMILES string of the molecule is C#CCSCCNC(=O)Cc1ccc(C#N)cc1. The fourth-order valence-corrected chi connectivity index (χ4v) is 1.85. The van der Waals surface area contributed by atoms with Gasteiger partial charge in [-0.3, -0.25) is 4.79 Å². The van der Waals surface area contributed by atoms with E-state index in [2.05, 4.69) is 11.2 Å². The van der Waals surface area contributed by atoms with Crippen LogP contribution in [0.3, 0.4) is 0 Å². The lowest BCUT2D eigenvalue weighted by molar-refractivity contribution is -0.120. The molecule has 0 spiro atoms. The zero-order chi connectivity index (χ0) is 13.2. The summed E-state index contributed by atoms with van der Waals surface area (Å²) in [6.45, 7) is 0.626. The van der Waals surface area contributed by atoms with Gasteiger partial charge in [-0.2, -0.15) is 5.26 Å². The molecule has 0 saturated heterocycles. The molecule has 0 aliphatic carbocycles. The number of carbonyl (C=O) groups excluding carboxylic acids is 1. The molecular weight excluding hydrogens is 244 g/mol. The Bertz CT molecular complexity index is 468. The van der Waals surface area contributed by atoms with E-state index in [-0.39, 0.29) is 5.91 Å². The topological polar surface area (TPSA) is 52.9 Å². The average molecular weight is 258 g/mol. The number of nitriles is 1. The molecule has 3 nitrogen and oxygen atoms in total. The number of thioether (sulfide) groups is 1. The van der Waals surface area contributed by atoms with Crippen LogP contribution in [0.5, 0.6) is 0 Å². The van der Waals surface area contributed by atoms with Crippen LogP contribution in [-0.2, 0) is 11.2 Å². The van der Waals surface area contributed by atoms with Crippen molar-refractivity contribution in [1.82, 2.24) is 5.32 Å². The zero-order valence-electron chi connectivity index (χ0n) is 9.98. The van der Waals surface area contributed by atoms with Crippen LogP contribution >= 0.6 is 11.8 Å². The molecule has 0 aliphatic heterocycles. The van der Waals surface area contributed by atoms with Crippen LogP contribution in [0.1, 0.15) is 11.1 Å². The second-order valence-electron chi connectivity index (χ2n) is 3.59. The van der Waals surface area contributed by atoms with Gasteiger partial charge in [-0.15, -0.1) is 18.2 Å². The Hall–Kier alpha value is -1.91. The zero-order valence-corrected chi connectivity index (χ0v) is 10.8. The van der Waals surface area contributed by atoms with E-state index < -0.39 is 0 Å². The highest BCUT2D eigenvalue weighted by Crippen LogP contribution is 2.04. The van der Waals surface area contributed by atoms with Crippen LogP contribution in [0.2, 0.25) is 0 Å². The van der Waals surface area contributed by atoms with Crippen molar-refractivity contribution >= 4 is 17.7 Å². The van der Waals surface area contributed by atoms with Crippen molar-refractivity contribution in [3.05, 3.63) is 35.4 Å². The normalized spacial score (nSPS) is 9.22. The van der Waals surface area contributed by atoms with Gasteiger partial charge in [0.15, 0.2) is 0 Å². The summed E-state index contributed by atoms with van der Waals surface area (Å²) in [7, 11) is 0. The van der Waals surface area contributed by atoms with E-state index in [9.17, 15) is 4.79 Å². The van der Waals surface area contributed by atoms with Gasteiger partial charge in [-0.1, -0.05) is 18.1 Å². The maximum absolute atomic E-state index is 11.6. The summed E-state index contributed by atoms with van der Waals surface area (Å²) in [5.41, 5.74) is 1.51. The first-order valence-electron chi connectivity index (χ1n) is 5.53. The van der Waals surface area contributed by atoms with Gasteiger partial charge in [0, 0.05) is 12.3 Å². The number of amides is 1. The van der Waals surface area contributed by atoms with Crippen molar-refractivity contribution in [2.45, 2.75) is 6.42 Å². The average Bonchev–Trinajstić information content (AvgIpc) is 2.39. The molecule has 0 aromatic heterocycles. The minimum atomic E-state index is -0.0129. The van der Waals surface area contributed by atoms with Gasteiger partial charge in [-0.25, -0.2) is 0 Å². The predicted molar refractivity (Wildman–Crippen MR) is 74.0 cm³/mol. The van der Waals surface area contributed by atoms with Gasteiger partial charge in [0.05, 0.1) is 23.8 Å². The maximum atomic E-state index is 11.6. The van der Waals surface area contributed by atoms with Gasteiger partial charge in [0.25, 0.3) is 0 Å². The van der Waals surface area contributed by atoms with Crippen molar-refractivity contribution in [3.8, 4) is 18.4 Å². The molecule has 1 N–H and O–H groups in total. The molecule has 1 rings (SSSR count). The van der Waals surface area contributed by atoms with E-state index in [1.54, 1.807) is 36.0 Å². The van der Waals surface area contributed by atoms with Crippen LogP contribution in [0.25, 0.3) is 0 Å². The minimum absolute atomic E-state index is 0.0129. The molecule has 0 atom stereocenters. The van der Waals surface area contributed by atoms with E-state index in [0.29, 0.717) is 24.3 Å². The maximum Gasteiger partial charge on any atom is 0.224 e. The predicted octanol–water partition coefficient (Wildman–Crippen LogP) is 1.58. The summed E-state index contributed by atoms with van der Waals surface area (Å²) in [5.74, 6) is 4.01. The molecule has 0 saturated carbocycles. The number of hydrogen-bond donors (Lipinski definition) is 1. The Morgan fingerprint density at radius 1 is 1.39 bits per heavy atom. The molecule has 1 amide bonds. The molecule has 0 unspecified atom stereocenters. The largest absolute Gasteiger partial charge is 0.355 e. The molecule has 0 heterocycles. The highest BCUT2D eigenvalue weighted by atomic mass is 32.2. The molecule has 18 heavy (non-hydrogen) atoms. The molecule has 0 radical (unpaired) electrons. The Morgan fingerprint density at radius 2 is 2.11 bits per heavy atom. The third-order valence-electron chi connectivity index (χ3n) is 2.20. The van der Waals surface area contributed by atoms with Crippen LogP contribution < -0.4 is 5.32 Å². The fraction of sp³-hybridized carbons (Fsp3) is 0.286. The van der Waals surface area contributed by atoms with Gasteiger partial charge in [0.2, 0.25) is 5.91 Å². The van der Waals surface area contributed by atoms with Crippen molar-refractivity contribution in [1.29, 1.82) is 5.26 Å². The van der Waals surface area contributed by atoms with Gasteiger partial charge in [-0.05, 0) is 17.7 Å².